The molecule has 3 N–H and O–H groups in total. The Morgan fingerprint density at radius 3 is 2.56 bits per heavy atom. The fourth-order valence-electron chi connectivity index (χ4n) is 4.32. The van der Waals surface area contributed by atoms with E-state index in [0.717, 1.165) is 0 Å². The zero-order valence-electron chi connectivity index (χ0n) is 23.8. The Bertz CT molecular complexity index is 1560. The predicted octanol–water partition coefficient (Wildman–Crippen LogP) is 4.30. The predicted molar refractivity (Wildman–Crippen MR) is 162 cm³/mol. The van der Waals surface area contributed by atoms with Crippen molar-refractivity contribution >= 4 is 35.4 Å². The molecule has 0 fully saturated rings. The molecule has 1 atom stereocenters. The maximum atomic E-state index is 14.1. The van der Waals surface area contributed by atoms with Crippen LogP contribution < -0.4 is 30.3 Å². The maximum Gasteiger partial charge on any atom is 0.338 e. The van der Waals surface area contributed by atoms with Gasteiger partial charge < -0.3 is 29.6 Å². The molecule has 0 unspecified atom stereocenters. The molecule has 0 radical (unpaired) electrons. The number of methoxy groups -OCH3 is 1. The van der Waals surface area contributed by atoms with E-state index in [-0.39, 0.29) is 25.6 Å². The average Bonchev–Trinajstić information content (AvgIpc) is 2.99. The van der Waals surface area contributed by atoms with Crippen LogP contribution in [0.15, 0.2) is 83.1 Å². The molecular weight excluding hydrogens is 575 g/mol. The van der Waals surface area contributed by atoms with Gasteiger partial charge in [-0.3, -0.25) is 4.79 Å². The van der Waals surface area contributed by atoms with Crippen molar-refractivity contribution in [3.05, 3.63) is 101 Å². The third-order valence-corrected chi connectivity index (χ3v) is 6.53. The molecular formula is C31H31FN4O6S. The second kappa shape index (κ2) is 14.8. The second-order valence-electron chi connectivity index (χ2n) is 9.17. The number of hydrazone groups is 1. The number of ether oxygens (including phenoxy) is 4. The molecule has 224 valence electrons. The Balaban J connectivity index is 1.43. The number of esters is 1. The van der Waals surface area contributed by atoms with Crippen molar-refractivity contribution in [1.82, 2.24) is 16.1 Å². The minimum atomic E-state index is -0.652. The van der Waals surface area contributed by atoms with E-state index in [4.69, 9.17) is 31.2 Å². The van der Waals surface area contributed by atoms with Gasteiger partial charge in [0.2, 0.25) is 0 Å². The van der Waals surface area contributed by atoms with E-state index < -0.39 is 17.9 Å². The van der Waals surface area contributed by atoms with Gasteiger partial charge in [-0.1, -0.05) is 42.5 Å². The molecule has 1 aliphatic heterocycles. The number of hydrogen-bond acceptors (Lipinski definition) is 8. The highest BCUT2D eigenvalue weighted by Crippen LogP contribution is 2.34. The lowest BCUT2D eigenvalue weighted by Crippen LogP contribution is -2.45. The Labute approximate surface area is 253 Å². The monoisotopic (exact) mass is 606 g/mol. The van der Waals surface area contributed by atoms with Crippen LogP contribution in [0.25, 0.3) is 0 Å². The molecule has 1 amide bonds. The number of halogens is 1. The Morgan fingerprint density at radius 1 is 1.05 bits per heavy atom. The van der Waals surface area contributed by atoms with Crippen molar-refractivity contribution in [3.8, 4) is 17.2 Å². The zero-order chi connectivity index (χ0) is 30.8. The van der Waals surface area contributed by atoms with Crippen LogP contribution in [-0.2, 0) is 20.9 Å². The number of carbonyl (C=O) groups excluding carboxylic acids is 2. The zero-order valence-corrected chi connectivity index (χ0v) is 24.6. The van der Waals surface area contributed by atoms with E-state index in [2.05, 4.69) is 21.2 Å². The van der Waals surface area contributed by atoms with Crippen molar-refractivity contribution in [2.24, 2.45) is 5.10 Å². The molecule has 1 heterocycles. The van der Waals surface area contributed by atoms with E-state index in [9.17, 15) is 14.0 Å². The van der Waals surface area contributed by atoms with Crippen molar-refractivity contribution in [2.45, 2.75) is 26.5 Å². The summed E-state index contributed by atoms with van der Waals surface area (Å²) in [5.74, 6) is -0.287. The lowest BCUT2D eigenvalue weighted by atomic mass is 9.95. The lowest BCUT2D eigenvalue weighted by Gasteiger charge is -2.30. The molecule has 4 rings (SSSR count). The normalized spacial score (nSPS) is 14.5. The summed E-state index contributed by atoms with van der Waals surface area (Å²) >= 11 is 5.31. The number of allylic oxidation sites excluding steroid dienone is 1. The van der Waals surface area contributed by atoms with Crippen molar-refractivity contribution in [1.29, 1.82) is 0 Å². The SMILES string of the molecule is CCOC(=O)C1=C(C)NC(=S)N[C@H]1c1ccccc1OCC(=O)NN=Cc1cccc(OC)c1OCc1ccccc1F. The van der Waals surface area contributed by atoms with E-state index >= 15 is 0 Å². The molecule has 3 aromatic carbocycles. The van der Waals surface area contributed by atoms with Crippen molar-refractivity contribution in [3.63, 3.8) is 0 Å². The summed E-state index contributed by atoms with van der Waals surface area (Å²) < 4.78 is 36.4. The number of amides is 1. The van der Waals surface area contributed by atoms with Gasteiger partial charge in [0.1, 0.15) is 18.2 Å². The van der Waals surface area contributed by atoms with Crippen molar-refractivity contribution in [2.75, 3.05) is 20.3 Å². The smallest absolute Gasteiger partial charge is 0.338 e. The van der Waals surface area contributed by atoms with Crippen LogP contribution in [0.1, 0.15) is 36.6 Å². The lowest BCUT2D eigenvalue weighted by molar-refractivity contribution is -0.139. The van der Waals surface area contributed by atoms with E-state index in [0.29, 0.717) is 50.3 Å². The number of rotatable bonds is 12. The third-order valence-electron chi connectivity index (χ3n) is 6.31. The molecule has 0 aliphatic carbocycles. The first-order chi connectivity index (χ1) is 20.8. The van der Waals surface area contributed by atoms with Gasteiger partial charge in [0.05, 0.1) is 31.5 Å². The highest BCUT2D eigenvalue weighted by molar-refractivity contribution is 7.80. The number of carbonyl (C=O) groups is 2. The molecule has 1 aliphatic rings. The standard InChI is InChI=1S/C31H31FN4O6S/c1-4-40-30(38)27-19(2)34-31(43)35-28(27)22-12-6-8-14-24(22)41-18-26(37)36-33-16-20-11-9-15-25(39-3)29(20)42-17-21-10-5-7-13-23(21)32/h5-16,28H,4,17-18H2,1-3H3,(H,36,37)(H2,34,35,43)/t28-/m0/s1. The number of para-hydroxylation sites is 2. The number of nitrogens with zero attached hydrogens (tertiary/aromatic N) is 1. The first-order valence-electron chi connectivity index (χ1n) is 13.3. The van der Waals surface area contributed by atoms with Crippen LogP contribution in [0.2, 0.25) is 0 Å². The van der Waals surface area contributed by atoms with Crippen LogP contribution in [0.4, 0.5) is 4.39 Å². The van der Waals surface area contributed by atoms with Gasteiger partial charge in [0, 0.05) is 22.4 Å². The summed E-state index contributed by atoms with van der Waals surface area (Å²) in [6.45, 7) is 3.27. The second-order valence-corrected chi connectivity index (χ2v) is 9.58. The molecule has 10 nitrogen and oxygen atoms in total. The highest BCUT2D eigenvalue weighted by Gasteiger charge is 2.32. The van der Waals surface area contributed by atoms with E-state index in [1.54, 1.807) is 74.5 Å². The maximum absolute atomic E-state index is 14.1. The van der Waals surface area contributed by atoms with Crippen LogP contribution in [0.5, 0.6) is 17.2 Å². The molecule has 0 spiro atoms. The number of hydrogen-bond donors (Lipinski definition) is 3. The van der Waals surface area contributed by atoms with Crippen LogP contribution in [-0.4, -0.2) is 43.5 Å². The third kappa shape index (κ3) is 7.86. The minimum absolute atomic E-state index is 0.0310. The quantitative estimate of drug-likeness (QED) is 0.120. The average molecular weight is 607 g/mol. The van der Waals surface area contributed by atoms with Gasteiger partial charge in [0.15, 0.2) is 23.2 Å². The molecule has 3 aromatic rings. The number of benzene rings is 3. The van der Waals surface area contributed by atoms with Crippen LogP contribution >= 0.6 is 12.2 Å². The minimum Gasteiger partial charge on any atom is -0.493 e. The Kier molecular flexibility index (Phi) is 10.6. The molecule has 0 saturated heterocycles. The van der Waals surface area contributed by atoms with E-state index in [1.165, 1.54) is 19.4 Å². The molecule has 0 bridgehead atoms. The molecule has 12 heteroatoms. The van der Waals surface area contributed by atoms with Gasteiger partial charge in [-0.15, -0.1) is 0 Å². The van der Waals surface area contributed by atoms with Crippen LogP contribution in [0, 0.1) is 5.82 Å². The first kappa shape index (κ1) is 31.0. The summed E-state index contributed by atoms with van der Waals surface area (Å²) in [6.07, 6.45) is 1.39. The Morgan fingerprint density at radius 2 is 1.79 bits per heavy atom. The summed E-state index contributed by atoms with van der Waals surface area (Å²) in [6, 6.07) is 17.8. The van der Waals surface area contributed by atoms with Gasteiger partial charge >= 0.3 is 5.97 Å². The summed E-state index contributed by atoms with van der Waals surface area (Å²) in [5.41, 5.74) is 4.82. The van der Waals surface area contributed by atoms with Crippen molar-refractivity contribution < 1.29 is 32.9 Å². The number of nitrogens with one attached hydrogen (secondary N) is 3. The summed E-state index contributed by atoms with van der Waals surface area (Å²) in [5, 5.41) is 10.4. The summed E-state index contributed by atoms with van der Waals surface area (Å²) in [7, 11) is 1.49. The van der Waals surface area contributed by atoms with Gasteiger partial charge in [-0.2, -0.15) is 5.10 Å². The topological polar surface area (TPSA) is 120 Å². The largest absolute Gasteiger partial charge is 0.493 e. The van der Waals surface area contributed by atoms with Gasteiger partial charge in [-0.25, -0.2) is 14.6 Å². The van der Waals surface area contributed by atoms with Gasteiger partial charge in [-0.05, 0) is 50.3 Å². The van der Waals surface area contributed by atoms with Gasteiger partial charge in [0.25, 0.3) is 5.91 Å². The summed E-state index contributed by atoms with van der Waals surface area (Å²) in [4.78, 5) is 25.4. The molecule has 0 aromatic heterocycles. The molecule has 0 saturated carbocycles. The first-order valence-corrected chi connectivity index (χ1v) is 13.7. The van der Waals surface area contributed by atoms with E-state index in [1.807, 2.05) is 0 Å². The Hall–Kier alpha value is -4.97. The highest BCUT2D eigenvalue weighted by atomic mass is 32.1. The van der Waals surface area contributed by atoms with Crippen LogP contribution in [0.3, 0.4) is 0 Å². The number of thiocarbonyl (C=S) groups is 1. The fourth-order valence-corrected chi connectivity index (χ4v) is 4.59. The fraction of sp³-hybridized carbons (Fsp3) is 0.226. The molecule has 43 heavy (non-hydrogen) atoms.